The molecule has 2 aromatic rings. The number of ether oxygens (including phenoxy) is 1. The average Bonchev–Trinajstić information content (AvgIpc) is 2.90. The van der Waals surface area contributed by atoms with Crippen molar-refractivity contribution in [1.82, 2.24) is 19.5 Å². The minimum atomic E-state index is -0.465. The van der Waals surface area contributed by atoms with Gasteiger partial charge in [-0.3, -0.25) is 4.57 Å². The number of imidazole rings is 1. The highest BCUT2D eigenvalue weighted by Crippen LogP contribution is 2.20. The number of carbonyl (C=O) groups is 1. The summed E-state index contributed by atoms with van der Waals surface area (Å²) in [5.74, 6) is 0.208. The molecule has 0 bridgehead atoms. The number of methoxy groups -OCH3 is 1. The maximum Gasteiger partial charge on any atom is 0.358 e. The standard InChI is InChI=1S/C11H12N4O2S2/c1-17-9(16)7-6-15(11(13-7)19-3)8-4-5-12-10(14-8)18-2/h4-6H,1-3H3. The third-order valence-electron chi connectivity index (χ3n) is 2.30. The summed E-state index contributed by atoms with van der Waals surface area (Å²) in [7, 11) is 1.33. The molecule has 2 aromatic heterocycles. The molecule has 0 aliphatic heterocycles. The van der Waals surface area contributed by atoms with E-state index in [1.165, 1.54) is 30.6 Å². The molecule has 0 atom stereocenters. The molecule has 0 unspecified atom stereocenters. The van der Waals surface area contributed by atoms with Crippen LogP contribution in [0.5, 0.6) is 0 Å². The largest absolute Gasteiger partial charge is 0.464 e. The first-order chi connectivity index (χ1) is 9.19. The van der Waals surface area contributed by atoms with Gasteiger partial charge in [-0.15, -0.1) is 0 Å². The van der Waals surface area contributed by atoms with E-state index >= 15 is 0 Å². The van der Waals surface area contributed by atoms with Crippen molar-refractivity contribution in [3.8, 4) is 5.82 Å². The molecule has 0 N–H and O–H groups in total. The van der Waals surface area contributed by atoms with E-state index in [1.54, 1.807) is 23.0 Å². The summed E-state index contributed by atoms with van der Waals surface area (Å²) in [4.78, 5) is 24.2. The fraction of sp³-hybridized carbons (Fsp3) is 0.273. The van der Waals surface area contributed by atoms with E-state index in [-0.39, 0.29) is 5.69 Å². The number of rotatable bonds is 4. The lowest BCUT2D eigenvalue weighted by molar-refractivity contribution is 0.0594. The van der Waals surface area contributed by atoms with Crippen molar-refractivity contribution in [1.29, 1.82) is 0 Å². The van der Waals surface area contributed by atoms with Crippen molar-refractivity contribution in [3.63, 3.8) is 0 Å². The Balaban J connectivity index is 2.48. The van der Waals surface area contributed by atoms with E-state index in [2.05, 4.69) is 19.7 Å². The summed E-state index contributed by atoms with van der Waals surface area (Å²) in [6.07, 6.45) is 7.08. The zero-order valence-corrected chi connectivity index (χ0v) is 12.3. The van der Waals surface area contributed by atoms with Crippen LogP contribution in [0.1, 0.15) is 10.5 Å². The molecule has 6 nitrogen and oxygen atoms in total. The molecule has 0 saturated carbocycles. The van der Waals surface area contributed by atoms with Crippen LogP contribution in [0.25, 0.3) is 5.82 Å². The maximum atomic E-state index is 11.5. The third kappa shape index (κ3) is 2.90. The van der Waals surface area contributed by atoms with Crippen molar-refractivity contribution in [2.75, 3.05) is 19.6 Å². The molecule has 0 aliphatic carbocycles. The maximum absolute atomic E-state index is 11.5. The molecule has 0 radical (unpaired) electrons. The van der Waals surface area contributed by atoms with Gasteiger partial charge < -0.3 is 4.74 Å². The van der Waals surface area contributed by atoms with E-state index in [0.717, 1.165) is 0 Å². The van der Waals surface area contributed by atoms with Crippen molar-refractivity contribution in [3.05, 3.63) is 24.2 Å². The molecule has 19 heavy (non-hydrogen) atoms. The number of thioether (sulfide) groups is 2. The number of hydrogen-bond acceptors (Lipinski definition) is 7. The second-order valence-electron chi connectivity index (χ2n) is 3.38. The van der Waals surface area contributed by atoms with Crippen LogP contribution in [0, 0.1) is 0 Å². The summed E-state index contributed by atoms with van der Waals surface area (Å²) in [6.45, 7) is 0. The Morgan fingerprint density at radius 1 is 1.32 bits per heavy atom. The van der Waals surface area contributed by atoms with Gasteiger partial charge >= 0.3 is 5.97 Å². The van der Waals surface area contributed by atoms with Crippen molar-refractivity contribution >= 4 is 29.5 Å². The van der Waals surface area contributed by atoms with Gasteiger partial charge in [0.15, 0.2) is 16.0 Å². The molecule has 2 heterocycles. The van der Waals surface area contributed by atoms with Gasteiger partial charge in [0, 0.05) is 12.4 Å². The highest BCUT2D eigenvalue weighted by Gasteiger charge is 2.16. The van der Waals surface area contributed by atoms with Crippen LogP contribution in [0.2, 0.25) is 0 Å². The van der Waals surface area contributed by atoms with Gasteiger partial charge in [0.2, 0.25) is 0 Å². The van der Waals surface area contributed by atoms with Crippen LogP contribution in [-0.4, -0.2) is 45.1 Å². The Hall–Kier alpha value is -1.54. The summed E-state index contributed by atoms with van der Waals surface area (Å²) in [5, 5.41) is 1.34. The molecular formula is C11H12N4O2S2. The van der Waals surface area contributed by atoms with Crippen molar-refractivity contribution in [2.45, 2.75) is 10.3 Å². The summed E-state index contributed by atoms with van der Waals surface area (Å²) in [5.41, 5.74) is 0.260. The zero-order chi connectivity index (χ0) is 13.8. The van der Waals surface area contributed by atoms with Gasteiger partial charge in [0.05, 0.1) is 7.11 Å². The normalized spacial score (nSPS) is 10.5. The fourth-order valence-electron chi connectivity index (χ4n) is 1.44. The second-order valence-corrected chi connectivity index (χ2v) is 4.92. The number of carbonyl (C=O) groups excluding carboxylic acids is 1. The lowest BCUT2D eigenvalue weighted by Crippen LogP contribution is -2.01. The minimum absolute atomic E-state index is 0.260. The minimum Gasteiger partial charge on any atom is -0.464 e. The zero-order valence-electron chi connectivity index (χ0n) is 10.7. The van der Waals surface area contributed by atoms with E-state index in [4.69, 9.17) is 0 Å². The quantitative estimate of drug-likeness (QED) is 0.485. The van der Waals surface area contributed by atoms with E-state index in [9.17, 15) is 4.79 Å². The Bertz CT molecular complexity index is 600. The molecule has 2 rings (SSSR count). The van der Waals surface area contributed by atoms with E-state index < -0.39 is 5.97 Å². The average molecular weight is 296 g/mol. The van der Waals surface area contributed by atoms with Gasteiger partial charge in [-0.1, -0.05) is 23.5 Å². The van der Waals surface area contributed by atoms with Crippen LogP contribution in [0.4, 0.5) is 0 Å². The molecule has 0 amide bonds. The monoisotopic (exact) mass is 296 g/mol. The molecule has 8 heteroatoms. The molecule has 0 fully saturated rings. The van der Waals surface area contributed by atoms with Gasteiger partial charge in [0.25, 0.3) is 0 Å². The SMILES string of the molecule is COC(=O)c1cn(-c2ccnc(SC)n2)c(SC)n1. The van der Waals surface area contributed by atoms with Crippen molar-refractivity contribution < 1.29 is 9.53 Å². The highest BCUT2D eigenvalue weighted by molar-refractivity contribution is 7.98. The number of hydrogen-bond donors (Lipinski definition) is 0. The lowest BCUT2D eigenvalue weighted by atomic mass is 10.5. The Morgan fingerprint density at radius 2 is 2.11 bits per heavy atom. The Morgan fingerprint density at radius 3 is 2.74 bits per heavy atom. The number of nitrogens with zero attached hydrogens (tertiary/aromatic N) is 4. The molecule has 0 saturated heterocycles. The summed E-state index contributed by atoms with van der Waals surface area (Å²) >= 11 is 2.88. The topological polar surface area (TPSA) is 69.9 Å². The van der Waals surface area contributed by atoms with Gasteiger partial charge in [-0.25, -0.2) is 19.7 Å². The predicted octanol–water partition coefficient (Wildman–Crippen LogP) is 1.89. The molecule has 0 aliphatic rings. The van der Waals surface area contributed by atoms with E-state index in [0.29, 0.717) is 16.1 Å². The van der Waals surface area contributed by atoms with Gasteiger partial charge in [-0.05, 0) is 18.6 Å². The van der Waals surface area contributed by atoms with Crippen LogP contribution in [0.15, 0.2) is 28.8 Å². The lowest BCUT2D eigenvalue weighted by Gasteiger charge is -2.04. The van der Waals surface area contributed by atoms with Crippen LogP contribution in [0.3, 0.4) is 0 Å². The van der Waals surface area contributed by atoms with E-state index in [1.807, 2.05) is 12.5 Å². The third-order valence-corrected chi connectivity index (χ3v) is 3.51. The second kappa shape index (κ2) is 6.07. The Kier molecular flexibility index (Phi) is 4.43. The summed E-state index contributed by atoms with van der Waals surface area (Å²) < 4.78 is 6.42. The first-order valence-corrected chi connectivity index (χ1v) is 7.73. The molecule has 0 aromatic carbocycles. The van der Waals surface area contributed by atoms with Gasteiger partial charge in [-0.2, -0.15) is 0 Å². The van der Waals surface area contributed by atoms with Crippen molar-refractivity contribution in [2.24, 2.45) is 0 Å². The molecular weight excluding hydrogens is 284 g/mol. The summed E-state index contributed by atoms with van der Waals surface area (Å²) in [6, 6.07) is 1.77. The Labute approximate surface area is 119 Å². The molecule has 100 valence electrons. The predicted molar refractivity (Wildman–Crippen MR) is 74.1 cm³/mol. The first-order valence-electron chi connectivity index (χ1n) is 5.28. The van der Waals surface area contributed by atoms with Crippen LogP contribution >= 0.6 is 23.5 Å². The fourth-order valence-corrected chi connectivity index (χ4v) is 2.32. The van der Waals surface area contributed by atoms with Crippen LogP contribution in [-0.2, 0) is 4.74 Å². The highest BCUT2D eigenvalue weighted by atomic mass is 32.2. The van der Waals surface area contributed by atoms with Gasteiger partial charge in [0.1, 0.15) is 5.82 Å². The first kappa shape index (κ1) is 13.9. The molecule has 0 spiro atoms. The van der Waals surface area contributed by atoms with Crippen LogP contribution < -0.4 is 0 Å². The smallest absolute Gasteiger partial charge is 0.358 e. The number of aromatic nitrogens is 4. The number of esters is 1.